The Morgan fingerprint density at radius 2 is 1.39 bits per heavy atom. The van der Waals surface area contributed by atoms with Gasteiger partial charge in [-0.25, -0.2) is 4.39 Å². The lowest BCUT2D eigenvalue weighted by molar-refractivity contribution is -0.113. The lowest BCUT2D eigenvalue weighted by Gasteiger charge is -2.12. The summed E-state index contributed by atoms with van der Waals surface area (Å²) in [6.07, 6.45) is 4.49. The summed E-state index contributed by atoms with van der Waals surface area (Å²) in [4.78, 5) is 38.4. The number of amides is 2. The van der Waals surface area contributed by atoms with Crippen LogP contribution in [0.4, 0.5) is 10.1 Å². The zero-order chi connectivity index (χ0) is 26.9. The van der Waals surface area contributed by atoms with Gasteiger partial charge < -0.3 is 10.6 Å². The highest BCUT2D eigenvalue weighted by atomic mass is 35.5. The smallest absolute Gasteiger partial charge is 0.272 e. The highest BCUT2D eigenvalue weighted by Gasteiger charge is 2.16. The Bertz CT molecular complexity index is 1510. The molecule has 0 aliphatic carbocycles. The molecule has 4 rings (SSSR count). The SMILES string of the molecule is O=C(Nc1ccc(C(=O)/C=C/c2ccc(F)cc2)cc1)/C(=C/c1ccccc1Cl)NC(=O)c1ccccc1. The molecule has 188 valence electrons. The number of carbonyl (C=O) groups is 3. The third kappa shape index (κ3) is 7.12. The molecule has 0 fully saturated rings. The first-order valence-electron chi connectivity index (χ1n) is 11.6. The molecule has 0 spiro atoms. The third-order valence-corrected chi connectivity index (χ3v) is 5.80. The fourth-order valence-electron chi connectivity index (χ4n) is 3.45. The van der Waals surface area contributed by atoms with Gasteiger partial charge in [-0.3, -0.25) is 14.4 Å². The molecule has 0 aliphatic rings. The van der Waals surface area contributed by atoms with Crippen LogP contribution in [0.5, 0.6) is 0 Å². The van der Waals surface area contributed by atoms with Crippen LogP contribution < -0.4 is 10.6 Å². The zero-order valence-corrected chi connectivity index (χ0v) is 20.8. The molecular weight excluding hydrogens is 503 g/mol. The van der Waals surface area contributed by atoms with E-state index < -0.39 is 11.8 Å². The van der Waals surface area contributed by atoms with Crippen molar-refractivity contribution >= 4 is 47.0 Å². The molecule has 0 aliphatic heterocycles. The van der Waals surface area contributed by atoms with E-state index in [9.17, 15) is 18.8 Å². The second kappa shape index (κ2) is 12.4. The summed E-state index contributed by atoms with van der Waals surface area (Å²) in [6.45, 7) is 0. The molecule has 0 radical (unpaired) electrons. The van der Waals surface area contributed by atoms with Gasteiger partial charge in [0.1, 0.15) is 11.5 Å². The van der Waals surface area contributed by atoms with Gasteiger partial charge in [0.25, 0.3) is 11.8 Å². The van der Waals surface area contributed by atoms with Crippen LogP contribution in [0.1, 0.15) is 31.8 Å². The van der Waals surface area contributed by atoms with Crippen molar-refractivity contribution in [1.29, 1.82) is 0 Å². The van der Waals surface area contributed by atoms with Gasteiger partial charge >= 0.3 is 0 Å². The Hall–Kier alpha value is -4.81. The van der Waals surface area contributed by atoms with Gasteiger partial charge in [-0.2, -0.15) is 0 Å². The lowest BCUT2D eigenvalue weighted by Crippen LogP contribution is -2.30. The number of hydrogen-bond acceptors (Lipinski definition) is 3. The molecular formula is C31H22ClFN2O3. The zero-order valence-electron chi connectivity index (χ0n) is 20.0. The van der Waals surface area contributed by atoms with Crippen molar-refractivity contribution in [3.63, 3.8) is 0 Å². The number of nitrogens with one attached hydrogen (secondary N) is 2. The maximum absolute atomic E-state index is 13.2. The number of rotatable bonds is 8. The van der Waals surface area contributed by atoms with Crippen molar-refractivity contribution < 1.29 is 18.8 Å². The first kappa shape index (κ1) is 26.3. The number of benzene rings is 4. The lowest BCUT2D eigenvalue weighted by atomic mass is 10.1. The first-order chi connectivity index (χ1) is 18.4. The van der Waals surface area contributed by atoms with Gasteiger partial charge in [0, 0.05) is 21.8 Å². The molecule has 5 nitrogen and oxygen atoms in total. The van der Waals surface area contributed by atoms with Crippen molar-refractivity contribution in [3.05, 3.63) is 148 Å². The second-order valence-corrected chi connectivity index (χ2v) is 8.59. The Kier molecular flexibility index (Phi) is 8.59. The van der Waals surface area contributed by atoms with Gasteiger partial charge in [0.15, 0.2) is 5.78 Å². The van der Waals surface area contributed by atoms with E-state index >= 15 is 0 Å². The third-order valence-electron chi connectivity index (χ3n) is 5.46. The molecule has 7 heteroatoms. The summed E-state index contributed by atoms with van der Waals surface area (Å²) in [5.41, 5.74) is 2.47. The Morgan fingerprint density at radius 1 is 0.737 bits per heavy atom. The van der Waals surface area contributed by atoms with E-state index in [1.807, 2.05) is 0 Å². The van der Waals surface area contributed by atoms with E-state index in [0.717, 1.165) is 0 Å². The summed E-state index contributed by atoms with van der Waals surface area (Å²) < 4.78 is 13.0. The van der Waals surface area contributed by atoms with Crippen molar-refractivity contribution in [2.24, 2.45) is 0 Å². The Morgan fingerprint density at radius 3 is 2.08 bits per heavy atom. The van der Waals surface area contributed by atoms with Crippen LogP contribution in [-0.4, -0.2) is 17.6 Å². The minimum Gasteiger partial charge on any atom is -0.321 e. The van der Waals surface area contributed by atoms with Crippen LogP contribution in [-0.2, 0) is 4.79 Å². The van der Waals surface area contributed by atoms with Gasteiger partial charge in [-0.1, -0.05) is 66.2 Å². The molecule has 2 N–H and O–H groups in total. The van der Waals surface area contributed by atoms with E-state index in [2.05, 4.69) is 10.6 Å². The molecule has 2 amide bonds. The molecule has 0 saturated carbocycles. The summed E-state index contributed by atoms with van der Waals surface area (Å²) in [6, 6.07) is 27.6. The fourth-order valence-corrected chi connectivity index (χ4v) is 3.64. The second-order valence-electron chi connectivity index (χ2n) is 8.18. The predicted octanol–water partition coefficient (Wildman–Crippen LogP) is 6.78. The normalized spacial score (nSPS) is 11.3. The van der Waals surface area contributed by atoms with Crippen LogP contribution in [0, 0.1) is 5.82 Å². The van der Waals surface area contributed by atoms with E-state index in [4.69, 9.17) is 11.6 Å². The summed E-state index contributed by atoms with van der Waals surface area (Å²) >= 11 is 6.26. The molecule has 0 heterocycles. The van der Waals surface area contributed by atoms with Crippen molar-refractivity contribution in [2.75, 3.05) is 5.32 Å². The number of halogens is 2. The molecule has 0 aromatic heterocycles. The molecule has 0 bridgehead atoms. The van der Waals surface area contributed by atoms with Crippen molar-refractivity contribution in [3.8, 4) is 0 Å². The average molecular weight is 525 g/mol. The standard InChI is InChI=1S/C31H22ClFN2O3/c32-27-9-5-4-8-24(27)20-28(35-30(37)23-6-2-1-3-7-23)31(38)34-26-17-13-22(14-18-26)29(36)19-12-21-10-15-25(33)16-11-21/h1-20H,(H,34,38)(H,35,37)/b19-12+,28-20-. The predicted molar refractivity (Wildman–Crippen MR) is 148 cm³/mol. The van der Waals surface area contributed by atoms with Gasteiger partial charge in [0.05, 0.1) is 0 Å². The maximum atomic E-state index is 13.2. The quantitative estimate of drug-likeness (QED) is 0.197. The number of anilines is 1. The van der Waals surface area contributed by atoms with E-state index in [-0.39, 0.29) is 17.3 Å². The van der Waals surface area contributed by atoms with Crippen LogP contribution in [0.3, 0.4) is 0 Å². The number of ketones is 1. The maximum Gasteiger partial charge on any atom is 0.272 e. The molecule has 0 unspecified atom stereocenters. The molecule has 4 aromatic carbocycles. The van der Waals surface area contributed by atoms with E-state index in [1.165, 1.54) is 24.3 Å². The fraction of sp³-hybridized carbons (Fsp3) is 0. The topological polar surface area (TPSA) is 75.3 Å². The molecule has 38 heavy (non-hydrogen) atoms. The van der Waals surface area contributed by atoms with Crippen LogP contribution in [0.15, 0.2) is 115 Å². The highest BCUT2D eigenvalue weighted by Crippen LogP contribution is 2.19. The summed E-state index contributed by atoms with van der Waals surface area (Å²) in [5.74, 6) is -1.62. The largest absolute Gasteiger partial charge is 0.321 e. The number of carbonyl (C=O) groups excluding carboxylic acids is 3. The summed E-state index contributed by atoms with van der Waals surface area (Å²) in [7, 11) is 0. The number of allylic oxidation sites excluding steroid dienone is 1. The summed E-state index contributed by atoms with van der Waals surface area (Å²) in [5, 5.41) is 5.82. The van der Waals surface area contributed by atoms with Crippen molar-refractivity contribution in [2.45, 2.75) is 0 Å². The average Bonchev–Trinajstić information content (AvgIpc) is 2.94. The Labute approximate surface area is 224 Å². The monoisotopic (exact) mass is 524 g/mol. The minimum absolute atomic E-state index is 0.00524. The van der Waals surface area contributed by atoms with E-state index in [0.29, 0.717) is 33.0 Å². The minimum atomic E-state index is -0.565. The Balaban J connectivity index is 1.49. The molecule has 0 saturated heterocycles. The first-order valence-corrected chi connectivity index (χ1v) is 12.0. The van der Waals surface area contributed by atoms with Crippen molar-refractivity contribution in [1.82, 2.24) is 5.32 Å². The van der Waals surface area contributed by atoms with Crippen LogP contribution in [0.2, 0.25) is 5.02 Å². The van der Waals surface area contributed by atoms with Crippen LogP contribution in [0.25, 0.3) is 12.2 Å². The van der Waals surface area contributed by atoms with Crippen LogP contribution >= 0.6 is 11.6 Å². The van der Waals surface area contributed by atoms with Gasteiger partial charge in [-0.15, -0.1) is 0 Å². The highest BCUT2D eigenvalue weighted by molar-refractivity contribution is 6.32. The molecule has 0 atom stereocenters. The van der Waals surface area contributed by atoms with E-state index in [1.54, 1.807) is 97.1 Å². The molecule has 4 aromatic rings. The van der Waals surface area contributed by atoms with Gasteiger partial charge in [-0.05, 0) is 77.9 Å². The van der Waals surface area contributed by atoms with Gasteiger partial charge in [0.2, 0.25) is 0 Å². The number of hydrogen-bond donors (Lipinski definition) is 2.